The molecule has 0 aromatic heterocycles. The molecule has 0 heterocycles. The molecular formula is C15H13BrO4. The van der Waals surface area contributed by atoms with Crippen molar-refractivity contribution in [3.63, 3.8) is 0 Å². The molecule has 0 saturated heterocycles. The number of ether oxygens (including phenoxy) is 3. The summed E-state index contributed by atoms with van der Waals surface area (Å²) in [5.41, 5.74) is 0.315. The Balaban J connectivity index is 2.35. The number of benzene rings is 2. The molecule has 0 bridgehead atoms. The van der Waals surface area contributed by atoms with Crippen molar-refractivity contribution in [2.24, 2.45) is 0 Å². The van der Waals surface area contributed by atoms with Crippen LogP contribution in [0.5, 0.6) is 17.2 Å². The zero-order valence-corrected chi connectivity index (χ0v) is 12.6. The van der Waals surface area contributed by atoms with Crippen LogP contribution in [0.4, 0.5) is 0 Å². The molecule has 0 spiro atoms. The van der Waals surface area contributed by atoms with Gasteiger partial charge in [0.2, 0.25) is 0 Å². The summed E-state index contributed by atoms with van der Waals surface area (Å²) in [5.74, 6) is 1.13. The molecule has 2 rings (SSSR count). The first-order valence-electron chi connectivity index (χ1n) is 5.84. The maximum Gasteiger partial charge on any atom is 0.341 e. The maximum atomic E-state index is 11.8. The third-order valence-electron chi connectivity index (χ3n) is 2.63. The third kappa shape index (κ3) is 3.30. The van der Waals surface area contributed by atoms with Crippen LogP contribution in [0.15, 0.2) is 46.9 Å². The minimum absolute atomic E-state index is 0.315. The summed E-state index contributed by atoms with van der Waals surface area (Å²) in [7, 11) is 2.86. The molecule has 4 nitrogen and oxygen atoms in total. The Kier molecular flexibility index (Phi) is 4.63. The van der Waals surface area contributed by atoms with Gasteiger partial charge < -0.3 is 14.2 Å². The molecule has 0 N–H and O–H groups in total. The number of halogens is 1. The van der Waals surface area contributed by atoms with Crippen molar-refractivity contribution in [2.75, 3.05) is 14.2 Å². The van der Waals surface area contributed by atoms with Gasteiger partial charge in [0, 0.05) is 4.47 Å². The van der Waals surface area contributed by atoms with Gasteiger partial charge in [0.05, 0.1) is 14.2 Å². The highest BCUT2D eigenvalue weighted by molar-refractivity contribution is 9.10. The molecule has 5 heteroatoms. The zero-order chi connectivity index (χ0) is 14.5. The smallest absolute Gasteiger partial charge is 0.341 e. The number of methoxy groups -OCH3 is 2. The fourth-order valence-corrected chi connectivity index (χ4v) is 1.89. The predicted molar refractivity (Wildman–Crippen MR) is 78.5 cm³/mol. The summed E-state index contributed by atoms with van der Waals surface area (Å²) in [6.07, 6.45) is 0. The molecule has 0 aliphatic rings. The average Bonchev–Trinajstić information content (AvgIpc) is 2.49. The second-order valence-electron chi connectivity index (χ2n) is 3.91. The van der Waals surface area contributed by atoms with Crippen LogP contribution < -0.4 is 9.47 Å². The highest BCUT2D eigenvalue weighted by atomic mass is 79.9. The Bertz CT molecular complexity index is 608. The van der Waals surface area contributed by atoms with Gasteiger partial charge in [-0.3, -0.25) is 0 Å². The SMILES string of the molecule is COC(=O)c1cc(OC)ccc1Oc1ccc(Br)cc1. The molecule has 0 fully saturated rings. The number of carbonyl (C=O) groups is 1. The normalized spacial score (nSPS) is 9.95. The number of carbonyl (C=O) groups excluding carboxylic acids is 1. The fourth-order valence-electron chi connectivity index (χ4n) is 1.62. The highest BCUT2D eigenvalue weighted by Gasteiger charge is 2.15. The van der Waals surface area contributed by atoms with Crippen LogP contribution in [0.1, 0.15) is 10.4 Å². The summed E-state index contributed by atoms with van der Waals surface area (Å²) in [6.45, 7) is 0. The van der Waals surface area contributed by atoms with E-state index in [2.05, 4.69) is 15.9 Å². The minimum atomic E-state index is -0.476. The third-order valence-corrected chi connectivity index (χ3v) is 3.16. The van der Waals surface area contributed by atoms with Crippen LogP contribution in [0.2, 0.25) is 0 Å². The van der Waals surface area contributed by atoms with Crippen LogP contribution in [-0.2, 0) is 4.74 Å². The largest absolute Gasteiger partial charge is 0.497 e. The molecule has 20 heavy (non-hydrogen) atoms. The number of rotatable bonds is 4. The van der Waals surface area contributed by atoms with E-state index in [4.69, 9.17) is 14.2 Å². The Hall–Kier alpha value is -2.01. The van der Waals surface area contributed by atoms with E-state index >= 15 is 0 Å². The van der Waals surface area contributed by atoms with Crippen LogP contribution in [0, 0.1) is 0 Å². The molecule has 0 atom stereocenters. The monoisotopic (exact) mass is 336 g/mol. The van der Waals surface area contributed by atoms with E-state index in [1.54, 1.807) is 30.3 Å². The first-order chi connectivity index (χ1) is 9.63. The Morgan fingerprint density at radius 3 is 2.25 bits per heavy atom. The molecule has 2 aromatic carbocycles. The van der Waals surface area contributed by atoms with Crippen LogP contribution in [0.3, 0.4) is 0 Å². The van der Waals surface area contributed by atoms with E-state index in [0.29, 0.717) is 22.8 Å². The quantitative estimate of drug-likeness (QED) is 0.790. The topological polar surface area (TPSA) is 44.8 Å². The van der Waals surface area contributed by atoms with Gasteiger partial charge in [-0.2, -0.15) is 0 Å². The summed E-state index contributed by atoms with van der Waals surface area (Å²) < 4.78 is 16.5. The van der Waals surface area contributed by atoms with Gasteiger partial charge in [-0.15, -0.1) is 0 Å². The maximum absolute atomic E-state index is 11.8. The molecule has 0 radical (unpaired) electrons. The van der Waals surface area contributed by atoms with E-state index in [-0.39, 0.29) is 0 Å². The lowest BCUT2D eigenvalue weighted by atomic mass is 10.2. The van der Waals surface area contributed by atoms with Crippen LogP contribution >= 0.6 is 15.9 Å². The molecule has 0 saturated carbocycles. The molecule has 104 valence electrons. The van der Waals surface area contributed by atoms with Crippen LogP contribution in [0.25, 0.3) is 0 Å². The van der Waals surface area contributed by atoms with E-state index in [0.717, 1.165) is 4.47 Å². The summed E-state index contributed by atoms with van der Waals surface area (Å²) in [5, 5.41) is 0. The first kappa shape index (κ1) is 14.4. The summed E-state index contributed by atoms with van der Waals surface area (Å²) >= 11 is 3.35. The number of hydrogen-bond donors (Lipinski definition) is 0. The van der Waals surface area contributed by atoms with E-state index in [1.165, 1.54) is 14.2 Å². The van der Waals surface area contributed by atoms with Crippen molar-refractivity contribution in [2.45, 2.75) is 0 Å². The van der Waals surface area contributed by atoms with Crippen molar-refractivity contribution >= 4 is 21.9 Å². The van der Waals surface area contributed by atoms with Crippen LogP contribution in [-0.4, -0.2) is 20.2 Å². The van der Waals surface area contributed by atoms with Crippen molar-refractivity contribution in [3.05, 3.63) is 52.5 Å². The highest BCUT2D eigenvalue weighted by Crippen LogP contribution is 2.29. The lowest BCUT2D eigenvalue weighted by Crippen LogP contribution is -2.04. The van der Waals surface area contributed by atoms with Crippen molar-refractivity contribution in [1.82, 2.24) is 0 Å². The summed E-state index contributed by atoms with van der Waals surface area (Å²) in [4.78, 5) is 11.8. The van der Waals surface area contributed by atoms with E-state index in [1.807, 2.05) is 12.1 Å². The predicted octanol–water partition coefficient (Wildman–Crippen LogP) is 4.04. The van der Waals surface area contributed by atoms with Gasteiger partial charge in [0.25, 0.3) is 0 Å². The molecule has 0 aliphatic carbocycles. The fraction of sp³-hybridized carbons (Fsp3) is 0.133. The molecule has 0 aliphatic heterocycles. The van der Waals surface area contributed by atoms with E-state index < -0.39 is 5.97 Å². The average molecular weight is 337 g/mol. The summed E-state index contributed by atoms with van der Waals surface area (Å²) in [6, 6.07) is 12.3. The lowest BCUT2D eigenvalue weighted by Gasteiger charge is -2.11. The zero-order valence-electron chi connectivity index (χ0n) is 11.1. The van der Waals surface area contributed by atoms with Gasteiger partial charge in [-0.1, -0.05) is 15.9 Å². The van der Waals surface area contributed by atoms with Gasteiger partial charge in [0.1, 0.15) is 22.8 Å². The minimum Gasteiger partial charge on any atom is -0.497 e. The van der Waals surface area contributed by atoms with Crippen molar-refractivity contribution < 1.29 is 19.0 Å². The van der Waals surface area contributed by atoms with Crippen molar-refractivity contribution in [3.8, 4) is 17.2 Å². The number of esters is 1. The Labute approximate surface area is 125 Å². The van der Waals surface area contributed by atoms with Gasteiger partial charge in [-0.25, -0.2) is 4.79 Å². The van der Waals surface area contributed by atoms with Gasteiger partial charge >= 0.3 is 5.97 Å². The molecular weight excluding hydrogens is 324 g/mol. The molecule has 2 aromatic rings. The lowest BCUT2D eigenvalue weighted by molar-refractivity contribution is 0.0597. The molecule has 0 amide bonds. The van der Waals surface area contributed by atoms with Crippen molar-refractivity contribution in [1.29, 1.82) is 0 Å². The molecule has 0 unspecified atom stereocenters. The Morgan fingerprint density at radius 1 is 1.00 bits per heavy atom. The number of hydrogen-bond acceptors (Lipinski definition) is 4. The van der Waals surface area contributed by atoms with E-state index in [9.17, 15) is 4.79 Å². The first-order valence-corrected chi connectivity index (χ1v) is 6.63. The standard InChI is InChI=1S/C15H13BrO4/c1-18-12-7-8-14(13(9-12)15(17)19-2)20-11-5-3-10(16)4-6-11/h3-9H,1-2H3. The van der Waals surface area contributed by atoms with Gasteiger partial charge in [0.15, 0.2) is 0 Å². The second-order valence-corrected chi connectivity index (χ2v) is 4.83. The Morgan fingerprint density at radius 2 is 1.65 bits per heavy atom. The van der Waals surface area contributed by atoms with Gasteiger partial charge in [-0.05, 0) is 42.5 Å². The second kappa shape index (κ2) is 6.43.